The summed E-state index contributed by atoms with van der Waals surface area (Å²) in [5.74, 6) is 0.441. The maximum Gasteiger partial charge on any atom is 0.328 e. The number of rotatable bonds is 4. The maximum atomic E-state index is 11.6. The van der Waals surface area contributed by atoms with Gasteiger partial charge in [0.05, 0.1) is 0 Å². The van der Waals surface area contributed by atoms with Gasteiger partial charge in [-0.05, 0) is 6.92 Å². The number of hydrogen-bond acceptors (Lipinski definition) is 5. The van der Waals surface area contributed by atoms with E-state index < -0.39 is 21.2 Å². The molecule has 1 aliphatic rings. The zero-order valence-corrected chi connectivity index (χ0v) is 11.6. The van der Waals surface area contributed by atoms with Gasteiger partial charge in [-0.1, -0.05) is 5.57 Å². The van der Waals surface area contributed by atoms with Crippen LogP contribution in [-0.4, -0.2) is 60.6 Å². The van der Waals surface area contributed by atoms with Crippen LogP contribution in [0.1, 0.15) is 6.92 Å². The summed E-state index contributed by atoms with van der Waals surface area (Å²) in [6.45, 7) is 2.77. The molecule has 1 atom stereocenters. The predicted molar refractivity (Wildman–Crippen MR) is 68.9 cm³/mol. The Morgan fingerprint density at radius 3 is 2.76 bits per heavy atom. The van der Waals surface area contributed by atoms with Gasteiger partial charge in [0.25, 0.3) is 0 Å². The molecule has 0 aromatic heterocycles. The highest BCUT2D eigenvalue weighted by Crippen LogP contribution is 2.21. The maximum absolute atomic E-state index is 11.6. The van der Waals surface area contributed by atoms with Crippen molar-refractivity contribution < 1.29 is 18.3 Å². The fourth-order valence-electron chi connectivity index (χ4n) is 1.77. The second-order valence-electron chi connectivity index (χ2n) is 4.16. The van der Waals surface area contributed by atoms with Crippen molar-refractivity contribution >= 4 is 27.6 Å². The van der Waals surface area contributed by atoms with Crippen LogP contribution in [0.25, 0.3) is 0 Å². The molecule has 0 amide bonds. The van der Waals surface area contributed by atoms with E-state index in [9.17, 15) is 13.2 Å². The minimum absolute atomic E-state index is 0.393. The molecule has 0 aliphatic carbocycles. The van der Waals surface area contributed by atoms with Crippen LogP contribution in [0, 0.1) is 0 Å². The molecule has 1 N–H and O–H groups in total. The zero-order valence-electron chi connectivity index (χ0n) is 9.92. The highest BCUT2D eigenvalue weighted by atomic mass is 32.2. The van der Waals surface area contributed by atoms with Gasteiger partial charge in [0.1, 0.15) is 5.37 Å². The van der Waals surface area contributed by atoms with E-state index in [0.717, 1.165) is 11.8 Å². The largest absolute Gasteiger partial charge is 0.478 e. The van der Waals surface area contributed by atoms with E-state index >= 15 is 0 Å². The first kappa shape index (κ1) is 14.5. The minimum Gasteiger partial charge on any atom is -0.478 e. The lowest BCUT2D eigenvalue weighted by atomic mass is 10.2. The van der Waals surface area contributed by atoms with E-state index in [1.54, 1.807) is 18.7 Å². The van der Waals surface area contributed by atoms with Gasteiger partial charge >= 0.3 is 5.97 Å². The van der Waals surface area contributed by atoms with Crippen molar-refractivity contribution in [1.29, 1.82) is 0 Å². The number of carboxylic acids is 1. The topological polar surface area (TPSA) is 74.7 Å². The van der Waals surface area contributed by atoms with Crippen molar-refractivity contribution in [3.8, 4) is 0 Å². The molecule has 0 spiro atoms. The minimum atomic E-state index is -3.12. The smallest absolute Gasteiger partial charge is 0.328 e. The number of aliphatic carboxylic acids is 1. The Hall–Kier alpha value is -0.530. The van der Waals surface area contributed by atoms with Crippen LogP contribution in [0.5, 0.6) is 0 Å². The van der Waals surface area contributed by atoms with Crippen molar-refractivity contribution in [2.45, 2.75) is 12.3 Å². The summed E-state index contributed by atoms with van der Waals surface area (Å²) in [6.07, 6.45) is 2.36. The Kier molecular flexibility index (Phi) is 5.03. The van der Waals surface area contributed by atoms with Crippen LogP contribution in [0.2, 0.25) is 0 Å². The summed E-state index contributed by atoms with van der Waals surface area (Å²) in [5.41, 5.74) is 0.665. The first-order valence-corrected chi connectivity index (χ1v) is 8.32. The molecular formula is C10H17NO4S2. The highest BCUT2D eigenvalue weighted by Gasteiger charge is 2.30. The Bertz CT molecular complexity index is 416. The molecule has 0 bridgehead atoms. The molecule has 17 heavy (non-hydrogen) atoms. The molecule has 0 aromatic rings. The second kappa shape index (κ2) is 5.88. The number of carbonyl (C=O) groups is 1. The summed E-state index contributed by atoms with van der Waals surface area (Å²) >= 11 is 1.62. The van der Waals surface area contributed by atoms with Crippen LogP contribution in [0.3, 0.4) is 0 Å². The molecule has 1 aliphatic heterocycles. The van der Waals surface area contributed by atoms with Crippen LogP contribution in [0.15, 0.2) is 11.6 Å². The van der Waals surface area contributed by atoms with E-state index in [2.05, 4.69) is 0 Å². The molecule has 0 radical (unpaired) electrons. The van der Waals surface area contributed by atoms with Crippen molar-refractivity contribution in [2.75, 3.05) is 30.9 Å². The van der Waals surface area contributed by atoms with E-state index in [4.69, 9.17) is 5.11 Å². The average Bonchev–Trinajstić information content (AvgIpc) is 2.15. The van der Waals surface area contributed by atoms with Crippen molar-refractivity contribution in [3.05, 3.63) is 11.6 Å². The summed E-state index contributed by atoms with van der Waals surface area (Å²) in [4.78, 5) is 12.3. The fraction of sp³-hybridized carbons (Fsp3) is 0.700. The molecule has 1 rings (SSSR count). The molecular weight excluding hydrogens is 262 g/mol. The molecule has 1 fully saturated rings. The average molecular weight is 279 g/mol. The van der Waals surface area contributed by atoms with Crippen molar-refractivity contribution in [1.82, 2.24) is 4.90 Å². The number of nitrogens with zero attached hydrogens (tertiary/aromatic N) is 1. The molecule has 1 saturated heterocycles. The standard InChI is InChI=1S/C10H17NO4S2/c1-8(5-10(12)13)6-11-3-4-16-7-9(11)17(2,14)15/h5,9H,3-4,6-7H2,1-2H3,(H,12,13). The van der Waals surface area contributed by atoms with E-state index in [0.29, 0.717) is 24.4 Å². The van der Waals surface area contributed by atoms with Gasteiger partial charge < -0.3 is 5.11 Å². The molecule has 1 heterocycles. The van der Waals surface area contributed by atoms with Gasteiger partial charge in [-0.3, -0.25) is 4.90 Å². The van der Waals surface area contributed by atoms with Gasteiger partial charge in [0.15, 0.2) is 9.84 Å². The van der Waals surface area contributed by atoms with Gasteiger partial charge in [-0.15, -0.1) is 0 Å². The Morgan fingerprint density at radius 1 is 1.59 bits per heavy atom. The normalized spacial score (nSPS) is 23.6. The van der Waals surface area contributed by atoms with Gasteiger partial charge in [-0.2, -0.15) is 11.8 Å². The zero-order chi connectivity index (χ0) is 13.1. The van der Waals surface area contributed by atoms with Crippen LogP contribution in [0.4, 0.5) is 0 Å². The second-order valence-corrected chi connectivity index (χ2v) is 7.51. The van der Waals surface area contributed by atoms with Gasteiger partial charge in [-0.25, -0.2) is 13.2 Å². The molecule has 1 unspecified atom stereocenters. The van der Waals surface area contributed by atoms with Crippen molar-refractivity contribution in [3.63, 3.8) is 0 Å². The Morgan fingerprint density at radius 2 is 2.24 bits per heavy atom. The Balaban J connectivity index is 2.76. The molecule has 0 aromatic carbocycles. The third-order valence-corrected chi connectivity index (χ3v) is 5.19. The summed E-state index contributed by atoms with van der Waals surface area (Å²) in [6, 6.07) is 0. The molecule has 7 heteroatoms. The summed E-state index contributed by atoms with van der Waals surface area (Å²) in [7, 11) is -3.12. The SMILES string of the molecule is CC(=CC(=O)O)CN1CCSCC1S(C)(=O)=O. The monoisotopic (exact) mass is 279 g/mol. The third kappa shape index (κ3) is 4.69. The quantitative estimate of drug-likeness (QED) is 0.753. The third-order valence-electron chi connectivity index (χ3n) is 2.51. The highest BCUT2D eigenvalue weighted by molar-refractivity contribution is 8.00. The molecule has 98 valence electrons. The molecule has 5 nitrogen and oxygen atoms in total. The van der Waals surface area contributed by atoms with E-state index in [1.807, 2.05) is 4.90 Å². The van der Waals surface area contributed by atoms with Gasteiger partial charge in [0.2, 0.25) is 0 Å². The van der Waals surface area contributed by atoms with Gasteiger partial charge in [0, 0.05) is 36.9 Å². The lowest BCUT2D eigenvalue weighted by molar-refractivity contribution is -0.131. The molecule has 0 saturated carbocycles. The lowest BCUT2D eigenvalue weighted by Crippen LogP contribution is -2.47. The van der Waals surface area contributed by atoms with Crippen LogP contribution >= 0.6 is 11.8 Å². The lowest BCUT2D eigenvalue weighted by Gasteiger charge is -2.34. The van der Waals surface area contributed by atoms with Crippen molar-refractivity contribution in [2.24, 2.45) is 0 Å². The first-order valence-electron chi connectivity index (χ1n) is 5.21. The predicted octanol–water partition coefficient (Wildman–Crippen LogP) is 0.437. The fourth-order valence-corrected chi connectivity index (χ4v) is 4.71. The number of sulfone groups is 1. The number of carboxylic acid groups (broad SMARTS) is 1. The number of thioether (sulfide) groups is 1. The summed E-state index contributed by atoms with van der Waals surface area (Å²) in [5, 5.41) is 8.12. The first-order chi connectivity index (χ1) is 7.80. The Labute approximate surface area is 106 Å². The summed E-state index contributed by atoms with van der Waals surface area (Å²) < 4.78 is 23.2. The van der Waals surface area contributed by atoms with E-state index in [1.165, 1.54) is 6.26 Å². The van der Waals surface area contributed by atoms with E-state index in [-0.39, 0.29) is 0 Å². The van der Waals surface area contributed by atoms with Crippen LogP contribution in [-0.2, 0) is 14.6 Å². The number of hydrogen-bond donors (Lipinski definition) is 1. The van der Waals surface area contributed by atoms with Crippen LogP contribution < -0.4 is 0 Å².